The van der Waals surface area contributed by atoms with Crippen LogP contribution in [-0.4, -0.2) is 24.2 Å². The Morgan fingerprint density at radius 3 is 2.62 bits per heavy atom. The Balaban J connectivity index is 1.57. The first-order valence-corrected chi connectivity index (χ1v) is 8.85. The molecule has 2 aromatic carbocycles. The van der Waals surface area contributed by atoms with E-state index in [1.54, 1.807) is 36.8 Å². The molecule has 0 radical (unpaired) electrons. The van der Waals surface area contributed by atoms with Gasteiger partial charge in [0, 0.05) is 16.1 Å². The molecule has 0 fully saturated rings. The fourth-order valence-corrected chi connectivity index (χ4v) is 2.84. The number of ether oxygens (including phenoxy) is 1. The highest BCUT2D eigenvalue weighted by atomic mass is 35.5. The number of hydrogen-bond acceptors (Lipinski definition) is 6. The number of carbonyl (C=O) groups is 1. The molecule has 0 saturated carbocycles. The molecule has 1 amide bonds. The summed E-state index contributed by atoms with van der Waals surface area (Å²) in [5, 5.41) is 9.98. The highest BCUT2D eigenvalue weighted by Gasteiger charge is 2.10. The molecule has 1 heterocycles. The number of aromatic nitrogens is 1. The highest BCUT2D eigenvalue weighted by Crippen LogP contribution is 2.22. The standard InChI is InChI=1S/C18H15ClN4O2S/c1-25-15-8-6-14(7-9-15)21-18-22-16(11-26-18)17(24)23-20-10-12-2-4-13(19)5-3-12/h2-11H,1H3,(H,21,22)(H,23,24)/b20-10+. The maximum atomic E-state index is 12.1. The van der Waals surface area contributed by atoms with Gasteiger partial charge >= 0.3 is 0 Å². The second kappa shape index (κ2) is 8.46. The smallest absolute Gasteiger partial charge is 0.290 e. The van der Waals surface area contributed by atoms with E-state index in [-0.39, 0.29) is 5.91 Å². The second-order valence-corrected chi connectivity index (χ2v) is 6.44. The van der Waals surface area contributed by atoms with Gasteiger partial charge in [0.15, 0.2) is 5.13 Å². The second-order valence-electron chi connectivity index (χ2n) is 5.14. The van der Waals surface area contributed by atoms with Crippen molar-refractivity contribution < 1.29 is 9.53 Å². The van der Waals surface area contributed by atoms with Crippen LogP contribution in [0.25, 0.3) is 0 Å². The van der Waals surface area contributed by atoms with E-state index in [2.05, 4.69) is 20.8 Å². The SMILES string of the molecule is COc1ccc(Nc2nc(C(=O)N/N=C/c3ccc(Cl)cc3)cs2)cc1. The lowest BCUT2D eigenvalue weighted by Gasteiger charge is -2.03. The minimum absolute atomic E-state index is 0.291. The van der Waals surface area contributed by atoms with Gasteiger partial charge in [-0.05, 0) is 42.0 Å². The van der Waals surface area contributed by atoms with Gasteiger partial charge < -0.3 is 10.1 Å². The minimum atomic E-state index is -0.380. The van der Waals surface area contributed by atoms with Crippen LogP contribution in [-0.2, 0) is 0 Å². The molecule has 0 aliphatic rings. The van der Waals surface area contributed by atoms with Crippen LogP contribution < -0.4 is 15.5 Å². The number of methoxy groups -OCH3 is 1. The number of amides is 1. The predicted molar refractivity (Wildman–Crippen MR) is 105 cm³/mol. The van der Waals surface area contributed by atoms with Gasteiger partial charge in [-0.2, -0.15) is 5.10 Å². The third-order valence-electron chi connectivity index (χ3n) is 3.33. The maximum Gasteiger partial charge on any atom is 0.290 e. The van der Waals surface area contributed by atoms with Gasteiger partial charge in [-0.15, -0.1) is 11.3 Å². The van der Waals surface area contributed by atoms with E-state index in [0.717, 1.165) is 17.0 Å². The van der Waals surface area contributed by atoms with E-state index in [4.69, 9.17) is 16.3 Å². The molecule has 26 heavy (non-hydrogen) atoms. The van der Waals surface area contributed by atoms with Gasteiger partial charge in [0.05, 0.1) is 13.3 Å². The summed E-state index contributed by atoms with van der Waals surface area (Å²) in [5.74, 6) is 0.391. The third-order valence-corrected chi connectivity index (χ3v) is 4.34. The first-order chi connectivity index (χ1) is 12.6. The van der Waals surface area contributed by atoms with Gasteiger partial charge in [-0.25, -0.2) is 10.4 Å². The fraction of sp³-hybridized carbons (Fsp3) is 0.0556. The molecule has 0 bridgehead atoms. The van der Waals surface area contributed by atoms with Gasteiger partial charge in [-0.1, -0.05) is 23.7 Å². The number of carbonyl (C=O) groups excluding carboxylic acids is 1. The molecule has 3 rings (SSSR count). The topological polar surface area (TPSA) is 75.6 Å². The zero-order chi connectivity index (χ0) is 18.4. The summed E-state index contributed by atoms with van der Waals surface area (Å²) in [6.45, 7) is 0. The summed E-state index contributed by atoms with van der Waals surface area (Å²) in [4.78, 5) is 16.4. The van der Waals surface area contributed by atoms with Crippen LogP contribution in [0.1, 0.15) is 16.1 Å². The molecule has 6 nitrogen and oxygen atoms in total. The molecule has 0 aliphatic heterocycles. The number of thiazole rings is 1. The summed E-state index contributed by atoms with van der Waals surface area (Å²) in [6.07, 6.45) is 1.54. The Kier molecular flexibility index (Phi) is 5.83. The first kappa shape index (κ1) is 17.9. The van der Waals surface area contributed by atoms with Gasteiger partial charge in [0.1, 0.15) is 11.4 Å². The zero-order valence-corrected chi connectivity index (χ0v) is 15.3. The molecule has 0 spiro atoms. The van der Waals surface area contributed by atoms with Crippen LogP contribution in [0.15, 0.2) is 59.0 Å². The Bertz CT molecular complexity index is 908. The highest BCUT2D eigenvalue weighted by molar-refractivity contribution is 7.14. The van der Waals surface area contributed by atoms with Crippen molar-refractivity contribution in [3.8, 4) is 5.75 Å². The molecular weight excluding hydrogens is 372 g/mol. The molecule has 132 valence electrons. The van der Waals surface area contributed by atoms with Crippen LogP contribution in [0.2, 0.25) is 5.02 Å². The molecule has 1 aromatic heterocycles. The predicted octanol–water partition coefficient (Wildman–Crippen LogP) is 4.31. The van der Waals surface area contributed by atoms with Crippen molar-refractivity contribution in [2.24, 2.45) is 5.10 Å². The number of benzene rings is 2. The van der Waals surface area contributed by atoms with E-state index in [1.165, 1.54) is 17.6 Å². The van der Waals surface area contributed by atoms with Crippen molar-refractivity contribution in [2.75, 3.05) is 12.4 Å². The van der Waals surface area contributed by atoms with E-state index >= 15 is 0 Å². The van der Waals surface area contributed by atoms with Crippen molar-refractivity contribution >= 4 is 45.9 Å². The lowest BCUT2D eigenvalue weighted by Crippen LogP contribution is -2.18. The number of hydrogen-bond donors (Lipinski definition) is 2. The van der Waals surface area contributed by atoms with Crippen molar-refractivity contribution in [2.45, 2.75) is 0 Å². The Labute approximate surface area is 159 Å². The van der Waals surface area contributed by atoms with E-state index in [1.807, 2.05) is 24.3 Å². The Morgan fingerprint density at radius 2 is 1.92 bits per heavy atom. The third kappa shape index (κ3) is 4.81. The number of hydrazone groups is 1. The molecule has 2 N–H and O–H groups in total. The summed E-state index contributed by atoms with van der Waals surface area (Å²) in [6, 6.07) is 14.5. The number of rotatable bonds is 6. The lowest BCUT2D eigenvalue weighted by molar-refractivity contribution is 0.0951. The number of nitrogens with one attached hydrogen (secondary N) is 2. The van der Waals surface area contributed by atoms with Gasteiger partial charge in [0.2, 0.25) is 0 Å². The van der Waals surface area contributed by atoms with Crippen LogP contribution in [0.4, 0.5) is 10.8 Å². The maximum absolute atomic E-state index is 12.1. The number of halogens is 1. The Morgan fingerprint density at radius 1 is 1.19 bits per heavy atom. The van der Waals surface area contributed by atoms with Crippen molar-refractivity contribution in [3.05, 3.63) is 70.2 Å². The minimum Gasteiger partial charge on any atom is -0.497 e. The molecular formula is C18H15ClN4O2S. The summed E-state index contributed by atoms with van der Waals surface area (Å²) < 4.78 is 5.12. The van der Waals surface area contributed by atoms with Crippen molar-refractivity contribution in [1.82, 2.24) is 10.4 Å². The fourth-order valence-electron chi connectivity index (χ4n) is 2.00. The lowest BCUT2D eigenvalue weighted by atomic mass is 10.2. The number of nitrogens with zero attached hydrogens (tertiary/aromatic N) is 2. The van der Waals surface area contributed by atoms with Gasteiger partial charge in [0.25, 0.3) is 5.91 Å². The summed E-state index contributed by atoms with van der Waals surface area (Å²) in [5.41, 5.74) is 4.43. The summed E-state index contributed by atoms with van der Waals surface area (Å²) >= 11 is 7.15. The monoisotopic (exact) mass is 386 g/mol. The number of anilines is 2. The Hall–Kier alpha value is -2.90. The molecule has 0 aliphatic carbocycles. The van der Waals surface area contributed by atoms with E-state index < -0.39 is 0 Å². The molecule has 0 saturated heterocycles. The molecule has 8 heteroatoms. The zero-order valence-electron chi connectivity index (χ0n) is 13.8. The van der Waals surface area contributed by atoms with Crippen LogP contribution in [0, 0.1) is 0 Å². The van der Waals surface area contributed by atoms with Crippen LogP contribution >= 0.6 is 22.9 Å². The molecule has 0 atom stereocenters. The van der Waals surface area contributed by atoms with E-state index in [9.17, 15) is 4.79 Å². The average molecular weight is 387 g/mol. The summed E-state index contributed by atoms with van der Waals surface area (Å²) in [7, 11) is 1.61. The molecule has 0 unspecified atom stereocenters. The largest absolute Gasteiger partial charge is 0.497 e. The van der Waals surface area contributed by atoms with Crippen LogP contribution in [0.3, 0.4) is 0 Å². The quantitative estimate of drug-likeness (QED) is 0.489. The first-order valence-electron chi connectivity index (χ1n) is 7.59. The molecule has 3 aromatic rings. The van der Waals surface area contributed by atoms with Gasteiger partial charge in [-0.3, -0.25) is 4.79 Å². The average Bonchev–Trinajstić information content (AvgIpc) is 3.12. The normalized spacial score (nSPS) is 10.7. The van der Waals surface area contributed by atoms with Crippen molar-refractivity contribution in [1.29, 1.82) is 0 Å². The van der Waals surface area contributed by atoms with E-state index in [0.29, 0.717) is 15.8 Å². The van der Waals surface area contributed by atoms with Crippen LogP contribution in [0.5, 0.6) is 5.75 Å². The van der Waals surface area contributed by atoms with Crippen molar-refractivity contribution in [3.63, 3.8) is 0 Å².